The van der Waals surface area contributed by atoms with Gasteiger partial charge in [-0.25, -0.2) is 9.59 Å². The molecular weight excluding hydrogens is 459 g/mol. The quantitative estimate of drug-likeness (QED) is 0.507. The molecule has 1 aliphatic carbocycles. The normalized spacial score (nSPS) is 22.6. The van der Waals surface area contributed by atoms with Gasteiger partial charge in [0.2, 0.25) is 6.41 Å². The molecule has 0 spiro atoms. The van der Waals surface area contributed by atoms with Crippen molar-refractivity contribution >= 4 is 24.4 Å². The summed E-state index contributed by atoms with van der Waals surface area (Å²) < 4.78 is 48.3. The van der Waals surface area contributed by atoms with Crippen molar-refractivity contribution in [2.45, 2.75) is 50.4 Å². The molecule has 1 heterocycles. The number of carbonyl (C=O) groups is 4. The average molecular weight is 485 g/mol. The maximum Gasteiger partial charge on any atom is 0.471 e. The molecule has 3 amide bonds. The molecule has 0 radical (unpaired) electrons. The third kappa shape index (κ3) is 5.60. The molecule has 2 atom stereocenters. The number of amides is 3. The Morgan fingerprint density at radius 3 is 2.09 bits per heavy atom. The van der Waals surface area contributed by atoms with Crippen LogP contribution in [0, 0.1) is 0 Å². The smallest absolute Gasteiger partial charge is 0.458 e. The zero-order valence-electron chi connectivity index (χ0n) is 19.0. The van der Waals surface area contributed by atoms with E-state index in [1.807, 2.05) is 0 Å². The van der Waals surface area contributed by atoms with Gasteiger partial charge < -0.3 is 24.6 Å². The summed E-state index contributed by atoms with van der Waals surface area (Å²) >= 11 is 0. The number of ether oxygens (including phenoxy) is 2. The fourth-order valence-corrected chi connectivity index (χ4v) is 3.79. The number of nitrogens with zero attached hydrogens (tertiary/aromatic N) is 2. The number of carbonyl (C=O) groups excluding carboxylic acids is 4. The van der Waals surface area contributed by atoms with Crippen molar-refractivity contribution in [2.75, 3.05) is 26.2 Å². The number of nitrogens with one attached hydrogen (secondary N) is 1. The van der Waals surface area contributed by atoms with E-state index in [4.69, 9.17) is 9.47 Å². The molecule has 34 heavy (non-hydrogen) atoms. The number of hydrogen-bond donors (Lipinski definition) is 1. The van der Waals surface area contributed by atoms with Gasteiger partial charge in [0, 0.05) is 32.1 Å². The number of piperazine rings is 1. The fraction of sp³-hybridized carbons (Fsp3) is 0.545. The standard InChI is InChI=1S/C22H26F3N3O6/c1-20(2,3)34-18(31)21(26-13-29)12-16(21)14-4-6-15(7-5-14)33-19(32)28-10-8-27(9-11-28)17(30)22(23,24)25/h4-7,13,16H,8-12H2,1-3H3,(H,26,29). The maximum atomic E-state index is 12.6. The van der Waals surface area contributed by atoms with Gasteiger partial charge in [0.1, 0.15) is 16.9 Å². The van der Waals surface area contributed by atoms with Crippen molar-refractivity contribution < 1.29 is 41.8 Å². The molecule has 2 unspecified atom stereocenters. The minimum absolute atomic E-state index is 0.0867. The Morgan fingerprint density at radius 1 is 1.03 bits per heavy atom. The Morgan fingerprint density at radius 2 is 1.59 bits per heavy atom. The van der Waals surface area contributed by atoms with Gasteiger partial charge in [-0.15, -0.1) is 0 Å². The van der Waals surface area contributed by atoms with E-state index in [2.05, 4.69) is 5.32 Å². The molecule has 2 aliphatic rings. The van der Waals surface area contributed by atoms with Gasteiger partial charge in [-0.3, -0.25) is 9.59 Å². The first-order valence-corrected chi connectivity index (χ1v) is 10.6. The molecule has 2 fully saturated rings. The van der Waals surface area contributed by atoms with E-state index in [1.165, 1.54) is 17.0 Å². The number of alkyl halides is 3. The Labute approximate surface area is 194 Å². The number of hydrogen-bond acceptors (Lipinski definition) is 6. The lowest BCUT2D eigenvalue weighted by molar-refractivity contribution is -0.186. The number of esters is 1. The highest BCUT2D eigenvalue weighted by Gasteiger charge is 2.62. The minimum Gasteiger partial charge on any atom is -0.458 e. The summed E-state index contributed by atoms with van der Waals surface area (Å²) in [6, 6.07) is 6.36. The van der Waals surface area contributed by atoms with Crippen LogP contribution in [-0.4, -0.2) is 77.7 Å². The van der Waals surface area contributed by atoms with Gasteiger partial charge in [-0.1, -0.05) is 12.1 Å². The zero-order chi connectivity index (χ0) is 25.3. The second-order valence-corrected chi connectivity index (χ2v) is 9.21. The van der Waals surface area contributed by atoms with Gasteiger partial charge in [0.05, 0.1) is 0 Å². The lowest BCUT2D eigenvalue weighted by atomic mass is 10.1. The van der Waals surface area contributed by atoms with Crippen molar-refractivity contribution in [3.05, 3.63) is 29.8 Å². The second kappa shape index (κ2) is 9.15. The van der Waals surface area contributed by atoms with Crippen molar-refractivity contribution in [3.8, 4) is 5.75 Å². The molecule has 1 aliphatic heterocycles. The van der Waals surface area contributed by atoms with Crippen molar-refractivity contribution in [2.24, 2.45) is 0 Å². The highest BCUT2D eigenvalue weighted by atomic mass is 19.4. The van der Waals surface area contributed by atoms with Gasteiger partial charge in [0.25, 0.3) is 0 Å². The number of benzene rings is 1. The van der Waals surface area contributed by atoms with Gasteiger partial charge in [0.15, 0.2) is 0 Å². The van der Waals surface area contributed by atoms with Crippen LogP contribution < -0.4 is 10.1 Å². The summed E-state index contributed by atoms with van der Waals surface area (Å²) in [5, 5.41) is 2.57. The fourth-order valence-electron chi connectivity index (χ4n) is 3.79. The van der Waals surface area contributed by atoms with E-state index in [-0.39, 0.29) is 37.8 Å². The monoisotopic (exact) mass is 485 g/mol. The molecule has 1 aromatic rings. The molecule has 186 valence electrons. The molecule has 1 saturated heterocycles. The van der Waals surface area contributed by atoms with Crippen molar-refractivity contribution in [3.63, 3.8) is 0 Å². The molecule has 3 rings (SSSR count). The molecule has 0 aromatic heterocycles. The Bertz CT molecular complexity index is 952. The Balaban J connectivity index is 1.57. The SMILES string of the molecule is CC(C)(C)OC(=O)C1(NC=O)CC1c1ccc(OC(=O)N2CCN(C(=O)C(F)(F)F)CC2)cc1. The van der Waals surface area contributed by atoms with Crippen LogP contribution in [-0.2, 0) is 19.1 Å². The summed E-state index contributed by atoms with van der Waals surface area (Å²) in [6.45, 7) is 4.53. The van der Waals surface area contributed by atoms with E-state index in [0.717, 1.165) is 5.56 Å². The third-order valence-electron chi connectivity index (χ3n) is 5.60. The second-order valence-electron chi connectivity index (χ2n) is 9.21. The summed E-state index contributed by atoms with van der Waals surface area (Å²) in [4.78, 5) is 49.2. The van der Waals surface area contributed by atoms with E-state index < -0.39 is 35.3 Å². The van der Waals surface area contributed by atoms with Crippen LogP contribution in [0.3, 0.4) is 0 Å². The molecule has 0 bridgehead atoms. The van der Waals surface area contributed by atoms with Crippen LogP contribution in [0.2, 0.25) is 0 Å². The summed E-state index contributed by atoms with van der Waals surface area (Å²) in [7, 11) is 0. The highest BCUT2D eigenvalue weighted by molar-refractivity contribution is 5.89. The number of halogens is 3. The van der Waals surface area contributed by atoms with Crippen molar-refractivity contribution in [1.29, 1.82) is 0 Å². The Hall–Kier alpha value is -3.31. The molecule has 9 nitrogen and oxygen atoms in total. The van der Waals surface area contributed by atoms with Gasteiger partial charge in [-0.05, 0) is 44.9 Å². The summed E-state index contributed by atoms with van der Waals surface area (Å²) in [6.07, 6.45) is -4.87. The molecule has 1 saturated carbocycles. The lowest BCUT2D eigenvalue weighted by Crippen LogP contribution is -2.54. The Kier molecular flexibility index (Phi) is 6.81. The van der Waals surface area contributed by atoms with Crippen LogP contribution in [0.15, 0.2) is 24.3 Å². The van der Waals surface area contributed by atoms with Crippen LogP contribution in [0.5, 0.6) is 5.75 Å². The third-order valence-corrected chi connectivity index (χ3v) is 5.60. The predicted octanol–water partition coefficient (Wildman–Crippen LogP) is 2.21. The maximum absolute atomic E-state index is 12.6. The summed E-state index contributed by atoms with van der Waals surface area (Å²) in [5.41, 5.74) is -1.13. The first kappa shape index (κ1) is 25.3. The van der Waals surface area contributed by atoms with Crippen LogP contribution >= 0.6 is 0 Å². The predicted molar refractivity (Wildman–Crippen MR) is 112 cm³/mol. The van der Waals surface area contributed by atoms with Gasteiger partial charge >= 0.3 is 24.1 Å². The van der Waals surface area contributed by atoms with Crippen LogP contribution in [0.25, 0.3) is 0 Å². The first-order chi connectivity index (χ1) is 15.8. The van der Waals surface area contributed by atoms with E-state index >= 15 is 0 Å². The first-order valence-electron chi connectivity index (χ1n) is 10.6. The van der Waals surface area contributed by atoms with Crippen LogP contribution in [0.4, 0.5) is 18.0 Å². The van der Waals surface area contributed by atoms with Gasteiger partial charge in [-0.2, -0.15) is 13.2 Å². The molecular formula is C22H26F3N3O6. The topological polar surface area (TPSA) is 105 Å². The number of rotatable bonds is 5. The summed E-state index contributed by atoms with van der Waals surface area (Å²) in [5.74, 6) is -2.57. The van der Waals surface area contributed by atoms with E-state index in [0.29, 0.717) is 17.7 Å². The van der Waals surface area contributed by atoms with Crippen molar-refractivity contribution in [1.82, 2.24) is 15.1 Å². The van der Waals surface area contributed by atoms with Crippen LogP contribution in [0.1, 0.15) is 38.7 Å². The largest absolute Gasteiger partial charge is 0.471 e. The average Bonchev–Trinajstić information content (AvgIpc) is 3.48. The minimum atomic E-state index is -4.95. The van der Waals surface area contributed by atoms with E-state index in [1.54, 1.807) is 32.9 Å². The molecule has 1 aromatic carbocycles. The highest BCUT2D eigenvalue weighted by Crippen LogP contribution is 2.52. The zero-order valence-corrected chi connectivity index (χ0v) is 19.0. The lowest BCUT2D eigenvalue weighted by Gasteiger charge is -2.34. The molecule has 1 N–H and O–H groups in total. The molecule has 12 heteroatoms. The van der Waals surface area contributed by atoms with E-state index in [9.17, 15) is 32.3 Å².